The first-order valence-electron chi connectivity index (χ1n) is 7.38. The highest BCUT2D eigenvalue weighted by molar-refractivity contribution is 7.85. The van der Waals surface area contributed by atoms with Gasteiger partial charge in [0.15, 0.2) is 0 Å². The molecule has 1 aliphatic heterocycles. The third kappa shape index (κ3) is 3.18. The molecule has 0 saturated heterocycles. The van der Waals surface area contributed by atoms with Crippen LogP contribution in [0, 0.1) is 0 Å². The van der Waals surface area contributed by atoms with Crippen LogP contribution < -0.4 is 5.32 Å². The molecule has 5 nitrogen and oxygen atoms in total. The summed E-state index contributed by atoms with van der Waals surface area (Å²) in [7, 11) is -4.70. The van der Waals surface area contributed by atoms with Gasteiger partial charge in [0, 0.05) is 11.6 Å². The Labute approximate surface area is 139 Å². The number of fused-ring (bicyclic) bond motifs is 1. The zero-order valence-corrected chi connectivity index (χ0v) is 13.5. The highest BCUT2D eigenvalue weighted by Crippen LogP contribution is 2.41. The maximum absolute atomic E-state index is 15.7. The van der Waals surface area contributed by atoms with Crippen molar-refractivity contribution in [3.8, 4) is 0 Å². The van der Waals surface area contributed by atoms with Crippen LogP contribution >= 0.6 is 0 Å². The van der Waals surface area contributed by atoms with Gasteiger partial charge in [-0.3, -0.25) is 9.35 Å². The summed E-state index contributed by atoms with van der Waals surface area (Å²) in [5.41, 5.74) is -1.14. The van der Waals surface area contributed by atoms with Crippen LogP contribution in [0.1, 0.15) is 17.0 Å². The second-order valence-electron chi connectivity index (χ2n) is 5.87. The first kappa shape index (κ1) is 16.6. The summed E-state index contributed by atoms with van der Waals surface area (Å²) in [6, 6.07) is 15.3. The van der Waals surface area contributed by atoms with Gasteiger partial charge in [-0.15, -0.1) is 0 Å². The minimum Gasteiger partial charge on any atom is -0.323 e. The third-order valence-corrected chi connectivity index (χ3v) is 5.00. The number of anilines is 1. The number of rotatable bonds is 3. The van der Waals surface area contributed by atoms with Crippen LogP contribution in [-0.4, -0.2) is 30.3 Å². The monoisotopic (exact) mass is 349 g/mol. The summed E-state index contributed by atoms with van der Waals surface area (Å²) >= 11 is 0. The van der Waals surface area contributed by atoms with Crippen LogP contribution in [0.5, 0.6) is 0 Å². The van der Waals surface area contributed by atoms with Crippen molar-refractivity contribution in [1.29, 1.82) is 0 Å². The van der Waals surface area contributed by atoms with E-state index in [2.05, 4.69) is 5.32 Å². The molecule has 1 aliphatic rings. The van der Waals surface area contributed by atoms with Gasteiger partial charge in [0.1, 0.15) is 5.75 Å². The average Bonchev–Trinajstić information content (AvgIpc) is 2.62. The fourth-order valence-electron chi connectivity index (χ4n) is 3.09. The van der Waals surface area contributed by atoms with E-state index in [0.29, 0.717) is 16.8 Å². The second-order valence-corrected chi connectivity index (χ2v) is 7.32. The van der Waals surface area contributed by atoms with Crippen LogP contribution in [0.15, 0.2) is 54.6 Å². The molecular formula is C17H16FNO4S. The highest BCUT2D eigenvalue weighted by Gasteiger charge is 2.51. The van der Waals surface area contributed by atoms with Crippen molar-refractivity contribution in [1.82, 2.24) is 0 Å². The van der Waals surface area contributed by atoms with Crippen molar-refractivity contribution in [3.63, 3.8) is 0 Å². The maximum atomic E-state index is 15.7. The van der Waals surface area contributed by atoms with E-state index < -0.39 is 33.4 Å². The fourth-order valence-corrected chi connectivity index (χ4v) is 3.95. The van der Waals surface area contributed by atoms with Crippen molar-refractivity contribution < 1.29 is 22.2 Å². The number of hydrogen-bond donors (Lipinski definition) is 2. The van der Waals surface area contributed by atoms with Gasteiger partial charge < -0.3 is 5.32 Å². The number of hydrogen-bond acceptors (Lipinski definition) is 3. The summed E-state index contributed by atoms with van der Waals surface area (Å²) < 4.78 is 47.6. The molecule has 1 amide bonds. The van der Waals surface area contributed by atoms with Crippen LogP contribution in [0.3, 0.4) is 0 Å². The van der Waals surface area contributed by atoms with Crippen molar-refractivity contribution >= 4 is 21.7 Å². The number of carbonyl (C=O) groups excluding carboxylic acids is 1. The average molecular weight is 349 g/mol. The Morgan fingerprint density at radius 1 is 1.12 bits per heavy atom. The first-order chi connectivity index (χ1) is 11.3. The number of nitrogens with one attached hydrogen (secondary N) is 1. The smallest absolute Gasteiger partial charge is 0.268 e. The normalized spacial score (nSPS) is 23.9. The van der Waals surface area contributed by atoms with E-state index in [1.165, 1.54) is 0 Å². The molecule has 2 aromatic rings. The number of benzene rings is 2. The first-order valence-corrected chi connectivity index (χ1v) is 8.99. The van der Waals surface area contributed by atoms with E-state index in [4.69, 9.17) is 0 Å². The Bertz CT molecular complexity index is 869. The molecule has 0 unspecified atom stereocenters. The Balaban J connectivity index is 2.16. The Morgan fingerprint density at radius 3 is 2.42 bits per heavy atom. The lowest BCUT2D eigenvalue weighted by atomic mass is 9.80. The summed E-state index contributed by atoms with van der Waals surface area (Å²) in [5, 5.41) is 2.45. The molecule has 0 saturated carbocycles. The van der Waals surface area contributed by atoms with E-state index in [9.17, 15) is 17.8 Å². The van der Waals surface area contributed by atoms with Gasteiger partial charge in [0.05, 0.1) is 0 Å². The lowest BCUT2D eigenvalue weighted by Crippen LogP contribution is -2.48. The van der Waals surface area contributed by atoms with Gasteiger partial charge in [-0.2, -0.15) is 8.42 Å². The minimum atomic E-state index is -4.70. The number of carbonyl (C=O) groups is 1. The number of amides is 1. The number of alkyl halides is 1. The molecule has 0 aliphatic carbocycles. The summed E-state index contributed by atoms with van der Waals surface area (Å²) in [5.74, 6) is -3.40. The van der Waals surface area contributed by atoms with E-state index in [1.807, 2.05) is 0 Å². The zero-order valence-electron chi connectivity index (χ0n) is 12.6. The summed E-state index contributed by atoms with van der Waals surface area (Å²) in [6.45, 7) is 0. The Morgan fingerprint density at radius 2 is 1.75 bits per heavy atom. The molecule has 0 spiro atoms. The van der Waals surface area contributed by atoms with Crippen LogP contribution in [0.4, 0.5) is 10.1 Å². The third-order valence-electron chi connectivity index (χ3n) is 4.21. The van der Waals surface area contributed by atoms with Crippen molar-refractivity contribution in [2.24, 2.45) is 0 Å². The molecule has 1 heterocycles. The quantitative estimate of drug-likeness (QED) is 0.834. The van der Waals surface area contributed by atoms with Gasteiger partial charge in [-0.25, -0.2) is 4.39 Å². The summed E-state index contributed by atoms with van der Waals surface area (Å²) in [6.07, 6.45) is 0.130. The minimum absolute atomic E-state index is 0.130. The standard InChI is InChI=1S/C17H16FNO4S/c18-17(11-24(21,22)23)14(12-6-2-1-3-7-12)10-13-8-4-5-9-15(13)19-16(17)20/h1-9,14H,10-11H2,(H,19,20)(H,21,22,23)/t14-,17-/m0/s1. The lowest BCUT2D eigenvalue weighted by molar-refractivity contribution is -0.127. The van der Waals surface area contributed by atoms with Crippen molar-refractivity contribution in [2.75, 3.05) is 11.1 Å². The summed E-state index contributed by atoms with van der Waals surface area (Å²) in [4.78, 5) is 12.5. The van der Waals surface area contributed by atoms with Gasteiger partial charge >= 0.3 is 0 Å². The van der Waals surface area contributed by atoms with Gasteiger partial charge in [0.2, 0.25) is 5.67 Å². The molecule has 2 aromatic carbocycles. The highest BCUT2D eigenvalue weighted by atomic mass is 32.2. The molecule has 0 fully saturated rings. The molecule has 24 heavy (non-hydrogen) atoms. The molecule has 3 rings (SSSR count). The molecule has 2 atom stereocenters. The zero-order chi connectivity index (χ0) is 17.4. The van der Waals surface area contributed by atoms with Gasteiger partial charge in [-0.1, -0.05) is 48.5 Å². The molecular weight excluding hydrogens is 333 g/mol. The van der Waals surface area contributed by atoms with Crippen molar-refractivity contribution in [2.45, 2.75) is 18.0 Å². The Hall–Kier alpha value is -2.25. The van der Waals surface area contributed by atoms with E-state index >= 15 is 4.39 Å². The SMILES string of the molecule is O=C1Nc2ccccc2C[C@@H](c2ccccc2)[C@@]1(F)CS(=O)(=O)O. The van der Waals surface area contributed by atoms with E-state index in [1.54, 1.807) is 54.6 Å². The number of halogens is 1. The second kappa shape index (κ2) is 5.99. The predicted molar refractivity (Wildman–Crippen MR) is 88.2 cm³/mol. The fraction of sp³-hybridized carbons (Fsp3) is 0.235. The molecule has 0 aromatic heterocycles. The number of para-hydroxylation sites is 1. The Kier molecular flexibility index (Phi) is 4.15. The molecule has 126 valence electrons. The molecule has 0 bridgehead atoms. The van der Waals surface area contributed by atoms with Crippen LogP contribution in [0.25, 0.3) is 0 Å². The topological polar surface area (TPSA) is 83.5 Å². The van der Waals surface area contributed by atoms with Crippen LogP contribution in [0.2, 0.25) is 0 Å². The molecule has 2 N–H and O–H groups in total. The predicted octanol–water partition coefficient (Wildman–Crippen LogP) is 2.56. The van der Waals surface area contributed by atoms with E-state index in [0.717, 1.165) is 0 Å². The lowest BCUT2D eigenvalue weighted by Gasteiger charge is -2.29. The van der Waals surface area contributed by atoms with Gasteiger partial charge in [-0.05, 0) is 23.6 Å². The van der Waals surface area contributed by atoms with Gasteiger partial charge in [0.25, 0.3) is 16.0 Å². The molecule has 0 radical (unpaired) electrons. The van der Waals surface area contributed by atoms with E-state index in [-0.39, 0.29) is 6.42 Å². The van der Waals surface area contributed by atoms with Crippen LogP contribution in [-0.2, 0) is 21.3 Å². The maximum Gasteiger partial charge on any atom is 0.268 e. The largest absolute Gasteiger partial charge is 0.323 e. The molecule has 7 heteroatoms. The van der Waals surface area contributed by atoms with Crippen molar-refractivity contribution in [3.05, 3.63) is 65.7 Å².